The number of rotatable bonds is 4. The number of benzene rings is 1. The lowest BCUT2D eigenvalue weighted by Gasteiger charge is -2.26. The molecule has 2 heterocycles. The van der Waals surface area contributed by atoms with Crippen LogP contribution in [0, 0.1) is 17.2 Å². The molecule has 4 N–H and O–H groups in total. The Bertz CT molecular complexity index is 922. The summed E-state index contributed by atoms with van der Waals surface area (Å²) in [5.41, 5.74) is 8.16. The second kappa shape index (κ2) is 7.06. The number of hydrogen-bond donors (Lipinski definition) is 3. The maximum Gasteiger partial charge on any atom is 0.491 e. The predicted octanol–water partition coefficient (Wildman–Crippen LogP) is 1.20. The smallest absolute Gasteiger partial charge is 0.423 e. The van der Waals surface area contributed by atoms with Crippen LogP contribution in [0.15, 0.2) is 24.4 Å². The minimum absolute atomic E-state index is 0.0547. The van der Waals surface area contributed by atoms with Gasteiger partial charge in [0.2, 0.25) is 0 Å². The van der Waals surface area contributed by atoms with Crippen molar-refractivity contribution in [2.45, 2.75) is 38.3 Å². The third kappa shape index (κ3) is 3.29. The highest BCUT2D eigenvalue weighted by Gasteiger charge is 2.30. The third-order valence-corrected chi connectivity index (χ3v) is 5.30. The number of nitrogens with two attached hydrogens (primary N) is 1. The number of amides is 1. The van der Waals surface area contributed by atoms with Gasteiger partial charge in [0, 0.05) is 11.9 Å². The van der Waals surface area contributed by atoms with E-state index >= 15 is 0 Å². The number of carbonyl (C=O) groups is 1. The Morgan fingerprint density at radius 3 is 3.04 bits per heavy atom. The molecule has 2 atom stereocenters. The van der Waals surface area contributed by atoms with Crippen molar-refractivity contribution in [3.05, 3.63) is 35.5 Å². The Morgan fingerprint density at radius 2 is 2.26 bits per heavy atom. The van der Waals surface area contributed by atoms with E-state index in [0.29, 0.717) is 12.4 Å². The Hall–Kier alpha value is -2.83. The molecule has 0 bridgehead atoms. The van der Waals surface area contributed by atoms with E-state index in [1.54, 1.807) is 23.0 Å². The molecule has 2 unspecified atom stereocenters. The maximum atomic E-state index is 11.9. The molecule has 4 rings (SSSR count). The molecule has 1 saturated carbocycles. The number of primary amides is 1. The number of aromatic nitrogens is 2. The van der Waals surface area contributed by atoms with Gasteiger partial charge in [0.05, 0.1) is 24.6 Å². The molecule has 2 aromatic rings. The molecule has 0 saturated heterocycles. The average molecular weight is 365 g/mol. The van der Waals surface area contributed by atoms with Crippen molar-refractivity contribution in [1.82, 2.24) is 9.78 Å². The number of nitrogens with zero attached hydrogens (tertiary/aromatic N) is 3. The minimum Gasteiger partial charge on any atom is -0.423 e. The molecule has 1 aromatic carbocycles. The quantitative estimate of drug-likeness (QED) is 0.699. The topological polar surface area (TPSA) is 126 Å². The zero-order valence-corrected chi connectivity index (χ0v) is 14.8. The van der Waals surface area contributed by atoms with E-state index in [1.165, 1.54) is 0 Å². The summed E-state index contributed by atoms with van der Waals surface area (Å²) in [6, 6.07) is 7.73. The first-order chi connectivity index (χ1) is 13.1. The fourth-order valence-corrected chi connectivity index (χ4v) is 3.86. The van der Waals surface area contributed by atoms with Gasteiger partial charge in [-0.15, -0.1) is 0 Å². The van der Waals surface area contributed by atoms with Gasteiger partial charge in [-0.25, -0.2) is 0 Å². The summed E-state index contributed by atoms with van der Waals surface area (Å²) < 4.78 is 6.91. The second-order valence-electron chi connectivity index (χ2n) is 7.02. The van der Waals surface area contributed by atoms with Gasteiger partial charge in [0.1, 0.15) is 5.56 Å². The lowest BCUT2D eigenvalue weighted by Crippen LogP contribution is -2.27. The number of carbonyl (C=O) groups excluding carboxylic acids is 1. The fraction of sp³-hybridized carbons (Fsp3) is 0.389. The first kappa shape index (κ1) is 17.6. The Morgan fingerprint density at radius 1 is 1.44 bits per heavy atom. The van der Waals surface area contributed by atoms with Gasteiger partial charge in [-0.2, -0.15) is 10.4 Å². The molecule has 1 fully saturated rings. The van der Waals surface area contributed by atoms with Gasteiger partial charge in [0.25, 0.3) is 5.91 Å². The Balaban J connectivity index is 1.64. The van der Waals surface area contributed by atoms with Crippen LogP contribution in [0.1, 0.15) is 47.6 Å². The summed E-state index contributed by atoms with van der Waals surface area (Å²) in [5, 5.41) is 26.8. The summed E-state index contributed by atoms with van der Waals surface area (Å²) in [6.45, 7) is 0.328. The second-order valence-corrected chi connectivity index (χ2v) is 7.02. The standard InChI is InChI=1S/C18H20BN5O3/c20-8-11-3-1-2-4-16(11)24-9-14(17(21)25)18(23-24)22-13-5-6-15-12(7-13)10-27-19(15)26/h5-7,9,11,16,26H,1-4,10H2,(H2,21,25)(H,22,23). The van der Waals surface area contributed by atoms with Gasteiger partial charge in [-0.1, -0.05) is 18.9 Å². The van der Waals surface area contributed by atoms with E-state index in [0.717, 1.165) is 42.4 Å². The van der Waals surface area contributed by atoms with Gasteiger partial charge in [0.15, 0.2) is 5.82 Å². The Labute approximate surface area is 157 Å². The number of fused-ring (bicyclic) bond motifs is 1. The van der Waals surface area contributed by atoms with E-state index in [-0.39, 0.29) is 17.5 Å². The molecular weight excluding hydrogens is 345 g/mol. The van der Waals surface area contributed by atoms with Crippen molar-refractivity contribution in [3.8, 4) is 6.07 Å². The van der Waals surface area contributed by atoms with Crippen LogP contribution in [0.4, 0.5) is 11.5 Å². The SMILES string of the molecule is N#CC1CCCCC1n1cc(C(N)=O)c(Nc2ccc3c(c2)COB3O)n1. The summed E-state index contributed by atoms with van der Waals surface area (Å²) in [4.78, 5) is 11.9. The molecule has 1 aliphatic carbocycles. The molecule has 138 valence electrons. The monoisotopic (exact) mass is 365 g/mol. The molecule has 0 radical (unpaired) electrons. The first-order valence-electron chi connectivity index (χ1n) is 9.05. The van der Waals surface area contributed by atoms with Crippen LogP contribution < -0.4 is 16.5 Å². The zero-order valence-electron chi connectivity index (χ0n) is 14.8. The Kier molecular flexibility index (Phi) is 4.60. The van der Waals surface area contributed by atoms with Crippen molar-refractivity contribution in [2.24, 2.45) is 11.7 Å². The van der Waals surface area contributed by atoms with E-state index in [4.69, 9.17) is 10.4 Å². The normalized spacial score (nSPS) is 21.6. The van der Waals surface area contributed by atoms with Crippen LogP contribution in [-0.2, 0) is 11.3 Å². The highest BCUT2D eigenvalue weighted by molar-refractivity contribution is 6.61. The van der Waals surface area contributed by atoms with Gasteiger partial charge in [-0.3, -0.25) is 9.48 Å². The largest absolute Gasteiger partial charge is 0.491 e. The molecule has 2 aliphatic rings. The van der Waals surface area contributed by atoms with Crippen molar-refractivity contribution >= 4 is 30.0 Å². The van der Waals surface area contributed by atoms with Crippen LogP contribution in [0.3, 0.4) is 0 Å². The molecule has 8 nitrogen and oxygen atoms in total. The molecular formula is C18H20BN5O3. The summed E-state index contributed by atoms with van der Waals surface area (Å²) in [5.74, 6) is -0.331. The van der Waals surface area contributed by atoms with Crippen LogP contribution in [0.2, 0.25) is 0 Å². The van der Waals surface area contributed by atoms with Gasteiger partial charge in [-0.05, 0) is 36.0 Å². The molecule has 1 aliphatic heterocycles. The maximum absolute atomic E-state index is 11.9. The third-order valence-electron chi connectivity index (χ3n) is 5.30. The predicted molar refractivity (Wildman–Crippen MR) is 99.5 cm³/mol. The highest BCUT2D eigenvalue weighted by atomic mass is 16.5. The average Bonchev–Trinajstić information content (AvgIpc) is 3.25. The van der Waals surface area contributed by atoms with E-state index in [2.05, 4.69) is 16.5 Å². The van der Waals surface area contributed by atoms with E-state index in [1.807, 2.05) is 6.07 Å². The molecule has 0 spiro atoms. The molecule has 1 amide bonds. The zero-order chi connectivity index (χ0) is 19.0. The van der Waals surface area contributed by atoms with Gasteiger partial charge < -0.3 is 20.7 Å². The van der Waals surface area contributed by atoms with E-state index in [9.17, 15) is 15.1 Å². The fourth-order valence-electron chi connectivity index (χ4n) is 3.86. The van der Waals surface area contributed by atoms with Crippen LogP contribution >= 0.6 is 0 Å². The lowest BCUT2D eigenvalue weighted by atomic mass is 9.79. The summed E-state index contributed by atoms with van der Waals surface area (Å²) in [6.07, 6.45) is 5.39. The number of nitriles is 1. The van der Waals surface area contributed by atoms with Crippen molar-refractivity contribution < 1.29 is 14.5 Å². The van der Waals surface area contributed by atoms with Crippen LogP contribution in [0.25, 0.3) is 0 Å². The van der Waals surface area contributed by atoms with E-state index < -0.39 is 13.0 Å². The molecule has 27 heavy (non-hydrogen) atoms. The van der Waals surface area contributed by atoms with Crippen LogP contribution in [0.5, 0.6) is 0 Å². The van der Waals surface area contributed by atoms with Crippen molar-refractivity contribution in [2.75, 3.05) is 5.32 Å². The minimum atomic E-state index is -0.899. The lowest BCUT2D eigenvalue weighted by molar-refractivity contribution is 0.100. The van der Waals surface area contributed by atoms with Gasteiger partial charge >= 0.3 is 7.12 Å². The van der Waals surface area contributed by atoms with Crippen LogP contribution in [-0.4, -0.2) is 27.8 Å². The molecule has 9 heteroatoms. The summed E-state index contributed by atoms with van der Waals surface area (Å²) in [7, 11) is -0.899. The summed E-state index contributed by atoms with van der Waals surface area (Å²) >= 11 is 0. The number of nitrogens with one attached hydrogen (secondary N) is 1. The number of hydrogen-bond acceptors (Lipinski definition) is 6. The first-order valence-corrected chi connectivity index (χ1v) is 9.05. The number of anilines is 2. The van der Waals surface area contributed by atoms with Crippen molar-refractivity contribution in [3.63, 3.8) is 0 Å². The van der Waals surface area contributed by atoms with Crippen molar-refractivity contribution in [1.29, 1.82) is 5.26 Å². The highest BCUT2D eigenvalue weighted by Crippen LogP contribution is 2.34. The molecule has 1 aromatic heterocycles.